The van der Waals surface area contributed by atoms with Gasteiger partial charge in [-0.3, -0.25) is 14.5 Å². The second-order valence-electron chi connectivity index (χ2n) is 7.86. The van der Waals surface area contributed by atoms with Crippen molar-refractivity contribution in [2.45, 2.75) is 46.8 Å². The van der Waals surface area contributed by atoms with Crippen LogP contribution in [0.1, 0.15) is 43.0 Å². The molecule has 1 saturated heterocycles. The van der Waals surface area contributed by atoms with Gasteiger partial charge in [-0.15, -0.1) is 6.58 Å². The molecule has 0 unspecified atom stereocenters. The molecule has 1 aliphatic heterocycles. The SMILES string of the molecule is C=CCc1cc(/C=C2/SC(=O)N(C(C)C)C2=O)cc(OCC)c1OCc1cccc(C)c1. The fraction of sp³-hybridized carbons (Fsp3) is 0.308. The van der Waals surface area contributed by atoms with Crippen molar-refractivity contribution < 1.29 is 19.1 Å². The maximum atomic E-state index is 12.7. The van der Waals surface area contributed by atoms with Crippen molar-refractivity contribution in [3.8, 4) is 11.5 Å². The molecule has 0 aromatic heterocycles. The molecule has 32 heavy (non-hydrogen) atoms. The van der Waals surface area contributed by atoms with Crippen LogP contribution >= 0.6 is 11.8 Å². The molecule has 0 atom stereocenters. The maximum Gasteiger partial charge on any atom is 0.293 e. The smallest absolute Gasteiger partial charge is 0.293 e. The van der Waals surface area contributed by atoms with Crippen LogP contribution in [-0.2, 0) is 17.8 Å². The summed E-state index contributed by atoms with van der Waals surface area (Å²) in [7, 11) is 0. The molecule has 0 bridgehead atoms. The van der Waals surface area contributed by atoms with Crippen molar-refractivity contribution in [3.05, 3.63) is 76.2 Å². The number of amides is 2. The van der Waals surface area contributed by atoms with E-state index in [9.17, 15) is 9.59 Å². The number of rotatable bonds is 9. The number of thioether (sulfide) groups is 1. The Hall–Kier alpha value is -2.99. The number of hydrogen-bond donors (Lipinski definition) is 0. The molecule has 3 rings (SSSR count). The molecular formula is C26H29NO4S. The van der Waals surface area contributed by atoms with Gasteiger partial charge in [0.05, 0.1) is 11.5 Å². The molecule has 168 valence electrons. The molecule has 0 spiro atoms. The number of ether oxygens (including phenoxy) is 2. The number of nitrogens with zero attached hydrogens (tertiary/aromatic N) is 1. The Morgan fingerprint density at radius 2 is 1.94 bits per heavy atom. The maximum absolute atomic E-state index is 12.7. The molecule has 2 aromatic carbocycles. The first-order valence-corrected chi connectivity index (χ1v) is 11.5. The second kappa shape index (κ2) is 10.6. The number of benzene rings is 2. The zero-order chi connectivity index (χ0) is 23.3. The molecule has 1 fully saturated rings. The van der Waals surface area contributed by atoms with Gasteiger partial charge in [0.15, 0.2) is 11.5 Å². The first kappa shape index (κ1) is 23.7. The average molecular weight is 452 g/mol. The topological polar surface area (TPSA) is 55.8 Å². The highest BCUT2D eigenvalue weighted by Gasteiger charge is 2.36. The van der Waals surface area contributed by atoms with Crippen LogP contribution in [0.5, 0.6) is 11.5 Å². The van der Waals surface area contributed by atoms with Crippen LogP contribution in [0.4, 0.5) is 4.79 Å². The van der Waals surface area contributed by atoms with Gasteiger partial charge in [0.1, 0.15) is 6.61 Å². The minimum absolute atomic E-state index is 0.180. The number of imide groups is 1. The zero-order valence-electron chi connectivity index (χ0n) is 19.0. The molecule has 0 aliphatic carbocycles. The van der Waals surface area contributed by atoms with Gasteiger partial charge in [0.2, 0.25) is 0 Å². The highest BCUT2D eigenvalue weighted by Crippen LogP contribution is 2.38. The van der Waals surface area contributed by atoms with Crippen molar-refractivity contribution in [2.75, 3.05) is 6.61 Å². The Bertz CT molecular complexity index is 1060. The summed E-state index contributed by atoms with van der Waals surface area (Å²) in [6, 6.07) is 11.8. The lowest BCUT2D eigenvalue weighted by atomic mass is 10.0. The fourth-order valence-electron chi connectivity index (χ4n) is 3.53. The first-order valence-electron chi connectivity index (χ1n) is 10.7. The largest absolute Gasteiger partial charge is 0.490 e. The lowest BCUT2D eigenvalue weighted by Crippen LogP contribution is -2.34. The Balaban J connectivity index is 1.96. The van der Waals surface area contributed by atoms with E-state index in [1.54, 1.807) is 12.2 Å². The molecule has 0 saturated carbocycles. The van der Waals surface area contributed by atoms with Gasteiger partial charge in [0.25, 0.3) is 11.1 Å². The van der Waals surface area contributed by atoms with Crippen LogP contribution in [0.2, 0.25) is 0 Å². The normalized spacial score (nSPS) is 15.0. The van der Waals surface area contributed by atoms with Gasteiger partial charge < -0.3 is 9.47 Å². The van der Waals surface area contributed by atoms with E-state index < -0.39 is 0 Å². The van der Waals surface area contributed by atoms with Gasteiger partial charge in [-0.05, 0) is 75.2 Å². The molecule has 6 heteroatoms. The molecule has 2 amide bonds. The van der Waals surface area contributed by atoms with E-state index in [0.29, 0.717) is 36.0 Å². The van der Waals surface area contributed by atoms with Gasteiger partial charge in [-0.25, -0.2) is 0 Å². The van der Waals surface area contributed by atoms with Crippen LogP contribution in [0, 0.1) is 6.92 Å². The quantitative estimate of drug-likeness (QED) is 0.338. The van der Waals surface area contributed by atoms with Crippen molar-refractivity contribution in [1.82, 2.24) is 4.90 Å². The number of hydrogen-bond acceptors (Lipinski definition) is 5. The van der Waals surface area contributed by atoms with Crippen LogP contribution < -0.4 is 9.47 Å². The van der Waals surface area contributed by atoms with E-state index in [4.69, 9.17) is 9.47 Å². The Labute approximate surface area is 194 Å². The Kier molecular flexibility index (Phi) is 7.80. The minimum atomic E-state index is -0.266. The van der Waals surface area contributed by atoms with Crippen LogP contribution in [0.15, 0.2) is 54.0 Å². The third kappa shape index (κ3) is 5.43. The standard InChI is InChI=1S/C26H29NO4S/c1-6-9-21-13-20(15-23-25(28)27(17(3)4)26(29)32-23)14-22(30-7-2)24(21)31-16-19-11-8-10-18(5)12-19/h6,8,10-15,17H,1,7,9,16H2,2-5H3/b23-15+. The summed E-state index contributed by atoms with van der Waals surface area (Å²) in [6.45, 7) is 12.4. The zero-order valence-corrected chi connectivity index (χ0v) is 19.8. The highest BCUT2D eigenvalue weighted by atomic mass is 32.2. The Morgan fingerprint density at radius 3 is 2.56 bits per heavy atom. The molecule has 1 heterocycles. The van der Waals surface area contributed by atoms with Gasteiger partial charge in [-0.2, -0.15) is 0 Å². The molecule has 1 aliphatic rings. The third-order valence-electron chi connectivity index (χ3n) is 4.92. The monoisotopic (exact) mass is 451 g/mol. The number of carbonyl (C=O) groups excluding carboxylic acids is 2. The molecule has 0 radical (unpaired) electrons. The summed E-state index contributed by atoms with van der Waals surface area (Å²) in [6.07, 6.45) is 4.13. The lowest BCUT2D eigenvalue weighted by molar-refractivity contribution is -0.123. The van der Waals surface area contributed by atoms with Crippen LogP contribution in [-0.4, -0.2) is 28.7 Å². The summed E-state index contributed by atoms with van der Waals surface area (Å²) in [5.74, 6) is 1.01. The van der Waals surface area contributed by atoms with Gasteiger partial charge >= 0.3 is 0 Å². The predicted octanol–water partition coefficient (Wildman–Crippen LogP) is 6.15. The molecule has 0 N–H and O–H groups in total. The second-order valence-corrected chi connectivity index (χ2v) is 8.85. The predicted molar refractivity (Wildman–Crippen MR) is 130 cm³/mol. The minimum Gasteiger partial charge on any atom is -0.490 e. The summed E-state index contributed by atoms with van der Waals surface area (Å²) < 4.78 is 12.1. The van der Waals surface area contributed by atoms with Gasteiger partial charge in [0, 0.05) is 11.6 Å². The van der Waals surface area contributed by atoms with Crippen LogP contribution in [0.3, 0.4) is 0 Å². The van der Waals surface area contributed by atoms with Crippen molar-refractivity contribution >= 4 is 29.0 Å². The van der Waals surface area contributed by atoms with Crippen molar-refractivity contribution in [2.24, 2.45) is 0 Å². The third-order valence-corrected chi connectivity index (χ3v) is 5.81. The van der Waals surface area contributed by atoms with E-state index in [1.165, 1.54) is 10.5 Å². The highest BCUT2D eigenvalue weighted by molar-refractivity contribution is 8.18. The van der Waals surface area contributed by atoms with E-state index in [1.807, 2.05) is 58.0 Å². The van der Waals surface area contributed by atoms with Crippen molar-refractivity contribution in [1.29, 1.82) is 0 Å². The van der Waals surface area contributed by atoms with Crippen molar-refractivity contribution in [3.63, 3.8) is 0 Å². The molecule has 5 nitrogen and oxygen atoms in total. The summed E-state index contributed by atoms with van der Waals surface area (Å²) in [5.41, 5.74) is 3.94. The van der Waals surface area contributed by atoms with E-state index in [0.717, 1.165) is 28.5 Å². The molecular weight excluding hydrogens is 422 g/mol. The number of carbonyl (C=O) groups is 2. The first-order chi connectivity index (χ1) is 15.3. The summed E-state index contributed by atoms with van der Waals surface area (Å²) in [5, 5.41) is -0.245. The average Bonchev–Trinajstić information content (AvgIpc) is 3.01. The lowest BCUT2D eigenvalue weighted by Gasteiger charge is -2.17. The van der Waals surface area contributed by atoms with E-state index in [2.05, 4.69) is 12.6 Å². The summed E-state index contributed by atoms with van der Waals surface area (Å²) >= 11 is 0.963. The number of allylic oxidation sites excluding steroid dienone is 1. The molecule has 2 aromatic rings. The summed E-state index contributed by atoms with van der Waals surface area (Å²) in [4.78, 5) is 26.6. The van der Waals surface area contributed by atoms with Crippen LogP contribution in [0.25, 0.3) is 6.08 Å². The number of aryl methyl sites for hydroxylation is 1. The fourth-order valence-corrected chi connectivity index (χ4v) is 4.50. The van der Waals surface area contributed by atoms with E-state index >= 15 is 0 Å². The van der Waals surface area contributed by atoms with Gasteiger partial charge in [-0.1, -0.05) is 35.9 Å². The van der Waals surface area contributed by atoms with E-state index in [-0.39, 0.29) is 17.2 Å². The Morgan fingerprint density at radius 1 is 1.16 bits per heavy atom.